The third kappa shape index (κ3) is 2.67. The maximum absolute atomic E-state index is 11.2. The zero-order chi connectivity index (χ0) is 9.84. The van der Waals surface area contributed by atoms with Crippen molar-refractivity contribution in [2.24, 2.45) is 5.73 Å². The van der Waals surface area contributed by atoms with Crippen LogP contribution < -0.4 is 5.73 Å². The molecular formula is C9H17NO3. The van der Waals surface area contributed by atoms with Gasteiger partial charge in [0, 0.05) is 0 Å². The van der Waals surface area contributed by atoms with Gasteiger partial charge in [0.1, 0.15) is 6.04 Å². The predicted molar refractivity (Wildman–Crippen MR) is 48.2 cm³/mol. The first-order valence-electron chi connectivity index (χ1n) is 4.72. The van der Waals surface area contributed by atoms with E-state index in [0.29, 0.717) is 6.61 Å². The first-order chi connectivity index (χ1) is 6.15. The highest BCUT2D eigenvalue weighted by Gasteiger charge is 2.32. The molecule has 0 bridgehead atoms. The topological polar surface area (TPSA) is 61.5 Å². The summed E-state index contributed by atoms with van der Waals surface area (Å²) in [5.41, 5.74) is 5.67. The van der Waals surface area contributed by atoms with Crippen LogP contribution in [0.4, 0.5) is 0 Å². The van der Waals surface area contributed by atoms with Crippen molar-refractivity contribution in [3.8, 4) is 0 Å². The van der Waals surface area contributed by atoms with Gasteiger partial charge in [-0.1, -0.05) is 0 Å². The number of carbonyl (C=O) groups is 1. The first-order valence-corrected chi connectivity index (χ1v) is 4.72. The molecule has 1 saturated heterocycles. The molecule has 1 rings (SSSR count). The summed E-state index contributed by atoms with van der Waals surface area (Å²) in [7, 11) is 0. The second kappa shape index (κ2) is 4.58. The summed E-state index contributed by atoms with van der Waals surface area (Å²) in [6.45, 7) is 4.12. The van der Waals surface area contributed by atoms with E-state index >= 15 is 0 Å². The maximum Gasteiger partial charge on any atom is 0.325 e. The second-order valence-electron chi connectivity index (χ2n) is 3.34. The van der Waals surface area contributed by atoms with E-state index in [1.165, 1.54) is 0 Å². The highest BCUT2D eigenvalue weighted by Crippen LogP contribution is 2.21. The van der Waals surface area contributed by atoms with Crippen LogP contribution >= 0.6 is 0 Å². The fourth-order valence-electron chi connectivity index (χ4n) is 1.49. The van der Waals surface area contributed by atoms with Crippen LogP contribution in [0.3, 0.4) is 0 Å². The largest absolute Gasteiger partial charge is 0.465 e. The molecule has 13 heavy (non-hydrogen) atoms. The van der Waals surface area contributed by atoms with Crippen molar-refractivity contribution >= 4 is 5.97 Å². The van der Waals surface area contributed by atoms with Crippen molar-refractivity contribution in [3.05, 3.63) is 0 Å². The summed E-state index contributed by atoms with van der Waals surface area (Å²) in [5.74, 6) is -0.360. The van der Waals surface area contributed by atoms with Gasteiger partial charge >= 0.3 is 5.97 Å². The molecule has 0 aromatic heterocycles. The molecule has 1 fully saturated rings. The average molecular weight is 187 g/mol. The average Bonchev–Trinajstić information content (AvgIpc) is 2.51. The van der Waals surface area contributed by atoms with E-state index in [2.05, 4.69) is 0 Å². The summed E-state index contributed by atoms with van der Waals surface area (Å²) in [6.07, 6.45) is 1.87. The van der Waals surface area contributed by atoms with Crippen molar-refractivity contribution < 1.29 is 14.3 Å². The quantitative estimate of drug-likeness (QED) is 0.651. The number of carbonyl (C=O) groups excluding carboxylic acids is 1. The Morgan fingerprint density at radius 3 is 2.85 bits per heavy atom. The van der Waals surface area contributed by atoms with Gasteiger partial charge in [0.05, 0.1) is 18.8 Å². The molecule has 1 aliphatic heterocycles. The number of esters is 1. The Balaban J connectivity index is 2.38. The third-order valence-corrected chi connectivity index (χ3v) is 2.22. The molecule has 0 aliphatic carbocycles. The lowest BCUT2D eigenvalue weighted by Gasteiger charge is -2.17. The van der Waals surface area contributed by atoms with Gasteiger partial charge in [-0.15, -0.1) is 0 Å². The van der Waals surface area contributed by atoms with Gasteiger partial charge < -0.3 is 15.2 Å². The number of rotatable bonds is 3. The van der Waals surface area contributed by atoms with Crippen LogP contribution in [0.25, 0.3) is 0 Å². The first kappa shape index (κ1) is 10.5. The molecule has 0 saturated carbocycles. The van der Waals surface area contributed by atoms with E-state index in [-0.39, 0.29) is 18.2 Å². The summed E-state index contributed by atoms with van der Waals surface area (Å²) >= 11 is 0. The maximum atomic E-state index is 11.2. The summed E-state index contributed by atoms with van der Waals surface area (Å²) in [6, 6.07) is -0.620. The number of hydrogen-bond acceptors (Lipinski definition) is 4. The summed E-state index contributed by atoms with van der Waals surface area (Å²) in [5, 5.41) is 0. The normalized spacial score (nSPS) is 30.1. The van der Waals surface area contributed by atoms with E-state index in [0.717, 1.165) is 12.8 Å². The Bertz CT molecular complexity index is 184. The molecule has 0 spiro atoms. The van der Waals surface area contributed by atoms with E-state index in [1.54, 1.807) is 6.92 Å². The lowest BCUT2D eigenvalue weighted by atomic mass is 10.1. The molecule has 4 heteroatoms. The van der Waals surface area contributed by atoms with Crippen LogP contribution in [0.2, 0.25) is 0 Å². The van der Waals surface area contributed by atoms with Crippen molar-refractivity contribution in [2.45, 2.75) is 44.9 Å². The summed E-state index contributed by atoms with van der Waals surface area (Å²) < 4.78 is 10.3. The summed E-state index contributed by atoms with van der Waals surface area (Å²) in [4.78, 5) is 11.2. The molecule has 3 unspecified atom stereocenters. The zero-order valence-corrected chi connectivity index (χ0v) is 8.16. The van der Waals surface area contributed by atoms with Gasteiger partial charge in [0.2, 0.25) is 0 Å². The predicted octanol–water partition coefficient (Wildman–Crippen LogP) is 0.444. The van der Waals surface area contributed by atoms with Crippen LogP contribution in [0.5, 0.6) is 0 Å². The Hall–Kier alpha value is -0.610. The van der Waals surface area contributed by atoms with Crippen molar-refractivity contribution in [3.63, 3.8) is 0 Å². The second-order valence-corrected chi connectivity index (χ2v) is 3.34. The molecule has 1 aliphatic rings. The molecule has 76 valence electrons. The molecule has 4 nitrogen and oxygen atoms in total. The molecule has 0 radical (unpaired) electrons. The fraction of sp³-hybridized carbons (Fsp3) is 0.889. The Morgan fingerprint density at radius 2 is 2.38 bits per heavy atom. The zero-order valence-electron chi connectivity index (χ0n) is 8.16. The number of hydrogen-bond donors (Lipinski definition) is 1. The van der Waals surface area contributed by atoms with Crippen LogP contribution in [0.1, 0.15) is 26.7 Å². The van der Waals surface area contributed by atoms with Crippen LogP contribution in [0, 0.1) is 0 Å². The lowest BCUT2D eigenvalue weighted by Crippen LogP contribution is -2.43. The molecule has 0 amide bonds. The highest BCUT2D eigenvalue weighted by atomic mass is 16.5. The van der Waals surface area contributed by atoms with Gasteiger partial charge in [-0.3, -0.25) is 4.79 Å². The molecule has 0 aromatic rings. The molecule has 3 atom stereocenters. The minimum atomic E-state index is -0.620. The Kier molecular flexibility index (Phi) is 3.69. The Labute approximate surface area is 78.4 Å². The molecule has 2 N–H and O–H groups in total. The van der Waals surface area contributed by atoms with E-state index in [4.69, 9.17) is 15.2 Å². The molecule has 0 aromatic carbocycles. The van der Waals surface area contributed by atoms with Gasteiger partial charge in [-0.2, -0.15) is 0 Å². The van der Waals surface area contributed by atoms with Crippen LogP contribution in [-0.2, 0) is 14.3 Å². The Morgan fingerprint density at radius 1 is 1.69 bits per heavy atom. The third-order valence-electron chi connectivity index (χ3n) is 2.22. The SMILES string of the molecule is CCOC(=O)C(N)C1CCC(C)O1. The van der Waals surface area contributed by atoms with Crippen molar-refractivity contribution in [1.29, 1.82) is 0 Å². The standard InChI is InChI=1S/C9H17NO3/c1-3-12-9(11)8(10)7-5-4-6(2)13-7/h6-8H,3-5,10H2,1-2H3. The lowest BCUT2D eigenvalue weighted by molar-refractivity contribution is -0.148. The smallest absolute Gasteiger partial charge is 0.325 e. The van der Waals surface area contributed by atoms with Gasteiger partial charge in [-0.05, 0) is 26.7 Å². The van der Waals surface area contributed by atoms with E-state index in [9.17, 15) is 4.79 Å². The number of ether oxygens (including phenoxy) is 2. The van der Waals surface area contributed by atoms with Crippen molar-refractivity contribution in [1.82, 2.24) is 0 Å². The highest BCUT2D eigenvalue weighted by molar-refractivity contribution is 5.76. The number of nitrogens with two attached hydrogens (primary N) is 1. The van der Waals surface area contributed by atoms with Crippen molar-refractivity contribution in [2.75, 3.05) is 6.61 Å². The monoisotopic (exact) mass is 187 g/mol. The molecular weight excluding hydrogens is 170 g/mol. The molecule has 1 heterocycles. The van der Waals surface area contributed by atoms with Crippen LogP contribution in [-0.4, -0.2) is 30.8 Å². The van der Waals surface area contributed by atoms with E-state index in [1.807, 2.05) is 6.92 Å². The van der Waals surface area contributed by atoms with Crippen LogP contribution in [0.15, 0.2) is 0 Å². The van der Waals surface area contributed by atoms with Gasteiger partial charge in [0.15, 0.2) is 0 Å². The van der Waals surface area contributed by atoms with Gasteiger partial charge in [-0.25, -0.2) is 0 Å². The fourth-order valence-corrected chi connectivity index (χ4v) is 1.49. The minimum Gasteiger partial charge on any atom is -0.465 e. The van der Waals surface area contributed by atoms with Gasteiger partial charge in [0.25, 0.3) is 0 Å². The minimum absolute atomic E-state index is 0.158. The van der Waals surface area contributed by atoms with E-state index < -0.39 is 6.04 Å².